The van der Waals surface area contributed by atoms with Crippen LogP contribution < -0.4 is 10.6 Å². The lowest BCUT2D eigenvalue weighted by molar-refractivity contribution is -0.183. The van der Waals surface area contributed by atoms with E-state index in [1.807, 2.05) is 6.07 Å². The van der Waals surface area contributed by atoms with Crippen LogP contribution in [0.15, 0.2) is 33.8 Å². The van der Waals surface area contributed by atoms with Gasteiger partial charge in [0.05, 0.1) is 12.5 Å². The first-order valence-corrected chi connectivity index (χ1v) is 9.35. The average molecular weight is 544 g/mol. The van der Waals surface area contributed by atoms with Gasteiger partial charge >= 0.3 is 6.18 Å². The van der Waals surface area contributed by atoms with Gasteiger partial charge in [-0.2, -0.15) is 18.2 Å². The fourth-order valence-corrected chi connectivity index (χ4v) is 3.43. The molecular weight excluding hydrogens is 522 g/mol. The van der Waals surface area contributed by atoms with Gasteiger partial charge in [0, 0.05) is 23.7 Å². The van der Waals surface area contributed by atoms with Crippen molar-refractivity contribution in [1.82, 2.24) is 20.8 Å². The monoisotopic (exact) mass is 543 g/mol. The molecule has 1 heterocycles. The van der Waals surface area contributed by atoms with Crippen molar-refractivity contribution in [2.24, 2.45) is 10.9 Å². The van der Waals surface area contributed by atoms with Crippen molar-refractivity contribution in [1.29, 1.82) is 0 Å². The number of nitrogens with one attached hydrogen (secondary N) is 2. The summed E-state index contributed by atoms with van der Waals surface area (Å²) >= 11 is 5.96. The Hall–Kier alpha value is -1.56. The predicted molar refractivity (Wildman–Crippen MR) is 115 cm³/mol. The third kappa shape index (κ3) is 6.73. The van der Waals surface area contributed by atoms with Crippen LogP contribution in [0.1, 0.15) is 31.6 Å². The third-order valence-corrected chi connectivity index (χ3v) is 4.89. The molecule has 2 aromatic rings. The van der Waals surface area contributed by atoms with Gasteiger partial charge in [0.2, 0.25) is 11.7 Å². The molecule has 1 aromatic heterocycles. The second kappa shape index (κ2) is 10.5. The molecule has 11 heteroatoms. The second-order valence-electron chi connectivity index (χ2n) is 6.69. The Morgan fingerprint density at radius 3 is 2.83 bits per heavy atom. The number of rotatable bonds is 4. The molecule has 1 aliphatic rings. The van der Waals surface area contributed by atoms with E-state index in [-0.39, 0.29) is 49.4 Å². The minimum absolute atomic E-state index is 0. The quantitative estimate of drug-likeness (QED) is 0.329. The molecule has 6 nitrogen and oxygen atoms in total. The predicted octanol–water partition coefficient (Wildman–Crippen LogP) is 4.79. The number of nitrogens with zero attached hydrogens (tertiary/aromatic N) is 3. The summed E-state index contributed by atoms with van der Waals surface area (Å²) in [7, 11) is 1.56. The van der Waals surface area contributed by atoms with Crippen LogP contribution in [0, 0.1) is 5.92 Å². The molecule has 0 aliphatic heterocycles. The molecule has 2 unspecified atom stereocenters. The van der Waals surface area contributed by atoms with Gasteiger partial charge < -0.3 is 15.2 Å². The molecule has 3 rings (SSSR count). The van der Waals surface area contributed by atoms with Crippen LogP contribution in [-0.4, -0.2) is 35.4 Å². The molecule has 1 fully saturated rings. The van der Waals surface area contributed by atoms with E-state index in [0.717, 1.165) is 5.56 Å². The van der Waals surface area contributed by atoms with Crippen LogP contribution in [0.2, 0.25) is 5.02 Å². The molecule has 2 atom stereocenters. The van der Waals surface area contributed by atoms with E-state index in [4.69, 9.17) is 16.1 Å². The molecule has 160 valence electrons. The highest BCUT2D eigenvalue weighted by molar-refractivity contribution is 14.0. The van der Waals surface area contributed by atoms with Crippen LogP contribution in [-0.2, 0) is 6.54 Å². The largest absolute Gasteiger partial charge is 0.391 e. The van der Waals surface area contributed by atoms with Crippen molar-refractivity contribution in [3.8, 4) is 11.4 Å². The van der Waals surface area contributed by atoms with E-state index in [1.165, 1.54) is 0 Å². The Morgan fingerprint density at radius 2 is 2.14 bits per heavy atom. The molecule has 0 spiro atoms. The van der Waals surface area contributed by atoms with E-state index in [9.17, 15) is 13.2 Å². The number of hydrogen-bond donors (Lipinski definition) is 2. The maximum atomic E-state index is 13.0. The molecule has 0 amide bonds. The van der Waals surface area contributed by atoms with E-state index >= 15 is 0 Å². The van der Waals surface area contributed by atoms with Crippen LogP contribution in [0.25, 0.3) is 11.4 Å². The lowest BCUT2D eigenvalue weighted by Gasteiger charge is -2.31. The van der Waals surface area contributed by atoms with E-state index < -0.39 is 12.1 Å². The summed E-state index contributed by atoms with van der Waals surface area (Å²) in [6.07, 6.45) is -2.72. The zero-order valence-electron chi connectivity index (χ0n) is 15.7. The van der Waals surface area contributed by atoms with Crippen molar-refractivity contribution in [3.63, 3.8) is 0 Å². The Balaban J connectivity index is 0.00000300. The van der Waals surface area contributed by atoms with Crippen LogP contribution in [0.5, 0.6) is 0 Å². The summed E-state index contributed by atoms with van der Waals surface area (Å²) in [5, 5.41) is 10.5. The van der Waals surface area contributed by atoms with Crippen LogP contribution in [0.3, 0.4) is 0 Å². The first kappa shape index (κ1) is 23.7. The normalized spacial score (nSPS) is 20.1. The summed E-state index contributed by atoms with van der Waals surface area (Å²) in [5.41, 5.74) is 0.727. The molecule has 1 saturated carbocycles. The maximum absolute atomic E-state index is 13.0. The highest BCUT2D eigenvalue weighted by Gasteiger charge is 2.42. The van der Waals surface area contributed by atoms with E-state index in [2.05, 4.69) is 25.8 Å². The van der Waals surface area contributed by atoms with Gasteiger partial charge in [0.1, 0.15) is 0 Å². The topological polar surface area (TPSA) is 75.3 Å². The molecule has 1 aromatic carbocycles. The van der Waals surface area contributed by atoms with Gasteiger partial charge in [0.15, 0.2) is 5.96 Å². The highest BCUT2D eigenvalue weighted by atomic mass is 127. The van der Waals surface area contributed by atoms with Crippen molar-refractivity contribution in [2.75, 3.05) is 7.05 Å². The lowest BCUT2D eigenvalue weighted by Crippen LogP contribution is -2.46. The fraction of sp³-hybridized carbons (Fsp3) is 0.500. The molecule has 1 aliphatic carbocycles. The van der Waals surface area contributed by atoms with Crippen molar-refractivity contribution < 1.29 is 17.7 Å². The zero-order chi connectivity index (χ0) is 20.1. The SMILES string of the molecule is CN=C(NCc1nc(-c2cccc(Cl)c2)no1)NC1CCCC(C(F)(F)F)C1.I. The molecule has 0 radical (unpaired) electrons. The standard InChI is InChI=1S/C18H21ClF3N5O.HI/c1-23-17(25-14-7-3-5-12(9-14)18(20,21)22)24-10-15-26-16(27-28-15)11-4-2-6-13(19)8-11;/h2,4,6,8,12,14H,3,5,7,9-10H2,1H3,(H2,23,24,25);1H. The van der Waals surface area contributed by atoms with Crippen molar-refractivity contribution in [3.05, 3.63) is 35.2 Å². The van der Waals surface area contributed by atoms with E-state index in [0.29, 0.717) is 35.5 Å². The van der Waals surface area contributed by atoms with E-state index in [1.54, 1.807) is 25.2 Å². The van der Waals surface area contributed by atoms with Crippen molar-refractivity contribution >= 4 is 41.5 Å². The van der Waals surface area contributed by atoms with Gasteiger partial charge in [-0.3, -0.25) is 4.99 Å². The molecular formula is C18H22ClF3IN5O. The van der Waals surface area contributed by atoms with Gasteiger partial charge in [-0.1, -0.05) is 35.3 Å². The summed E-state index contributed by atoms with van der Waals surface area (Å²) in [6, 6.07) is 6.79. The smallest absolute Gasteiger partial charge is 0.354 e. The number of guanidine groups is 1. The number of halogens is 5. The Labute approximate surface area is 188 Å². The molecule has 0 bridgehead atoms. The number of aromatic nitrogens is 2. The molecule has 0 saturated heterocycles. The average Bonchev–Trinajstić information content (AvgIpc) is 3.14. The van der Waals surface area contributed by atoms with Gasteiger partial charge in [0.25, 0.3) is 0 Å². The number of aliphatic imine (C=N–C) groups is 1. The number of benzene rings is 1. The second-order valence-corrected chi connectivity index (χ2v) is 7.13. The summed E-state index contributed by atoms with van der Waals surface area (Å²) < 4.78 is 44.1. The number of alkyl halides is 3. The fourth-order valence-electron chi connectivity index (χ4n) is 3.24. The third-order valence-electron chi connectivity index (χ3n) is 4.66. The van der Waals surface area contributed by atoms with Crippen LogP contribution in [0.4, 0.5) is 13.2 Å². The molecule has 2 N–H and O–H groups in total. The Bertz CT molecular complexity index is 830. The van der Waals surface area contributed by atoms with Gasteiger partial charge in [-0.25, -0.2) is 0 Å². The zero-order valence-corrected chi connectivity index (χ0v) is 18.8. The first-order chi connectivity index (χ1) is 13.3. The van der Waals surface area contributed by atoms with Crippen LogP contribution >= 0.6 is 35.6 Å². The van der Waals surface area contributed by atoms with Crippen molar-refractivity contribution in [2.45, 2.75) is 44.4 Å². The minimum atomic E-state index is -4.15. The Morgan fingerprint density at radius 1 is 1.34 bits per heavy atom. The molecule has 29 heavy (non-hydrogen) atoms. The van der Waals surface area contributed by atoms with Gasteiger partial charge in [-0.15, -0.1) is 24.0 Å². The summed E-state index contributed by atoms with van der Waals surface area (Å²) in [4.78, 5) is 8.36. The summed E-state index contributed by atoms with van der Waals surface area (Å²) in [5.74, 6) is -0.138. The first-order valence-electron chi connectivity index (χ1n) is 8.97. The van der Waals surface area contributed by atoms with Gasteiger partial charge in [-0.05, 0) is 31.4 Å². The minimum Gasteiger partial charge on any atom is -0.354 e. The highest BCUT2D eigenvalue weighted by Crippen LogP contribution is 2.37. The number of hydrogen-bond acceptors (Lipinski definition) is 4. The maximum Gasteiger partial charge on any atom is 0.391 e. The Kier molecular flexibility index (Phi) is 8.56. The summed E-state index contributed by atoms with van der Waals surface area (Å²) in [6.45, 7) is 0.197. The lowest BCUT2D eigenvalue weighted by atomic mass is 9.85.